The van der Waals surface area contributed by atoms with Gasteiger partial charge in [-0.25, -0.2) is 0 Å². The number of unbranched alkanes of at least 4 members (excludes halogenated alkanes) is 11. The maximum atomic E-state index is 6.00. The van der Waals surface area contributed by atoms with Gasteiger partial charge in [0.15, 0.2) is 0 Å². The smallest absolute Gasteiger partial charge is 0.0748 e. The van der Waals surface area contributed by atoms with Gasteiger partial charge in [-0.1, -0.05) is 95.8 Å². The average molecular weight is 363 g/mol. The molecule has 1 aromatic rings. The van der Waals surface area contributed by atoms with E-state index in [1.54, 1.807) is 0 Å². The summed E-state index contributed by atoms with van der Waals surface area (Å²) in [5, 5.41) is 2.01. The molecular formula is C23H42N2O. The van der Waals surface area contributed by atoms with Crippen LogP contribution in [0.15, 0.2) is 30.3 Å². The molecule has 1 aromatic carbocycles. The third-order valence-corrected chi connectivity index (χ3v) is 4.85. The van der Waals surface area contributed by atoms with Gasteiger partial charge in [0.2, 0.25) is 0 Å². The number of hydrogen-bond donors (Lipinski definition) is 1. The molecule has 1 rings (SSSR count). The summed E-state index contributed by atoms with van der Waals surface area (Å²) < 4.78 is 0. The Labute approximate surface area is 162 Å². The Bertz CT molecular complexity index is 396. The van der Waals surface area contributed by atoms with Crippen LogP contribution < -0.4 is 10.8 Å². The van der Waals surface area contributed by atoms with Crippen molar-refractivity contribution in [3.63, 3.8) is 0 Å². The molecule has 0 unspecified atom stereocenters. The molecule has 0 aliphatic carbocycles. The molecule has 0 radical (unpaired) electrons. The van der Waals surface area contributed by atoms with Gasteiger partial charge in [-0.05, 0) is 31.5 Å². The molecule has 0 aromatic heterocycles. The first-order chi connectivity index (χ1) is 12.9. The van der Waals surface area contributed by atoms with Crippen molar-refractivity contribution in [3.8, 4) is 0 Å². The Balaban J connectivity index is 1.97. The van der Waals surface area contributed by atoms with Crippen LogP contribution in [0.1, 0.15) is 90.4 Å². The van der Waals surface area contributed by atoms with Gasteiger partial charge in [0.25, 0.3) is 0 Å². The molecule has 0 heterocycles. The van der Waals surface area contributed by atoms with Crippen LogP contribution in [0, 0.1) is 0 Å². The summed E-state index contributed by atoms with van der Waals surface area (Å²) >= 11 is 0. The van der Waals surface area contributed by atoms with E-state index in [0.29, 0.717) is 6.54 Å². The van der Waals surface area contributed by atoms with E-state index < -0.39 is 0 Å². The van der Waals surface area contributed by atoms with Crippen molar-refractivity contribution in [2.24, 2.45) is 5.73 Å². The fraction of sp³-hybridized carbons (Fsp3) is 0.739. The van der Waals surface area contributed by atoms with Crippen LogP contribution in [-0.2, 0) is 4.84 Å². The Morgan fingerprint density at radius 3 is 1.81 bits per heavy atom. The van der Waals surface area contributed by atoms with Crippen molar-refractivity contribution in [1.82, 2.24) is 0 Å². The van der Waals surface area contributed by atoms with Crippen molar-refractivity contribution in [3.05, 3.63) is 30.3 Å². The number of hydroxylamine groups is 1. The fourth-order valence-corrected chi connectivity index (χ4v) is 3.22. The van der Waals surface area contributed by atoms with Crippen LogP contribution in [0.3, 0.4) is 0 Å². The molecule has 26 heavy (non-hydrogen) atoms. The van der Waals surface area contributed by atoms with Gasteiger partial charge < -0.3 is 5.73 Å². The summed E-state index contributed by atoms with van der Waals surface area (Å²) in [5.74, 6) is 0. The highest BCUT2D eigenvalue weighted by molar-refractivity contribution is 5.43. The zero-order valence-corrected chi connectivity index (χ0v) is 17.1. The highest BCUT2D eigenvalue weighted by Gasteiger charge is 2.05. The van der Waals surface area contributed by atoms with Crippen LogP contribution in [0.2, 0.25) is 0 Å². The Kier molecular flexibility index (Phi) is 15.3. The summed E-state index contributed by atoms with van der Waals surface area (Å²) in [6.07, 6.45) is 17.4. The van der Waals surface area contributed by atoms with Crippen LogP contribution in [0.5, 0.6) is 0 Å². The lowest BCUT2D eigenvalue weighted by molar-refractivity contribution is 0.104. The second kappa shape index (κ2) is 17.4. The number of para-hydroxylation sites is 1. The summed E-state index contributed by atoms with van der Waals surface area (Å²) in [7, 11) is 0. The quantitative estimate of drug-likeness (QED) is 0.240. The van der Waals surface area contributed by atoms with Crippen molar-refractivity contribution >= 4 is 5.69 Å². The van der Waals surface area contributed by atoms with Crippen LogP contribution in [0.4, 0.5) is 5.69 Å². The minimum atomic E-state index is 0.700. The third-order valence-electron chi connectivity index (χ3n) is 4.85. The number of anilines is 1. The van der Waals surface area contributed by atoms with E-state index in [1.165, 1.54) is 70.6 Å². The minimum absolute atomic E-state index is 0.700. The van der Waals surface area contributed by atoms with E-state index in [4.69, 9.17) is 10.6 Å². The fourth-order valence-electron chi connectivity index (χ4n) is 3.22. The largest absolute Gasteiger partial charge is 0.330 e. The number of benzene rings is 1. The predicted molar refractivity (Wildman–Crippen MR) is 114 cm³/mol. The minimum Gasteiger partial charge on any atom is -0.330 e. The van der Waals surface area contributed by atoms with Gasteiger partial charge in [0.05, 0.1) is 12.3 Å². The molecule has 0 saturated carbocycles. The topological polar surface area (TPSA) is 38.5 Å². The second-order valence-electron chi connectivity index (χ2n) is 7.30. The van der Waals surface area contributed by atoms with Crippen LogP contribution in [0.25, 0.3) is 0 Å². The maximum absolute atomic E-state index is 6.00. The van der Waals surface area contributed by atoms with Gasteiger partial charge >= 0.3 is 0 Å². The lowest BCUT2D eigenvalue weighted by atomic mass is 10.1. The highest BCUT2D eigenvalue weighted by Crippen LogP contribution is 2.15. The van der Waals surface area contributed by atoms with Crippen molar-refractivity contribution in [2.45, 2.75) is 90.4 Å². The zero-order chi connectivity index (χ0) is 18.7. The number of rotatable bonds is 18. The lowest BCUT2D eigenvalue weighted by Gasteiger charge is -2.23. The van der Waals surface area contributed by atoms with Crippen molar-refractivity contribution < 1.29 is 4.84 Å². The third kappa shape index (κ3) is 12.3. The Morgan fingerprint density at radius 1 is 0.731 bits per heavy atom. The number of hydrogen-bond acceptors (Lipinski definition) is 3. The molecular weight excluding hydrogens is 320 g/mol. The molecule has 0 spiro atoms. The van der Waals surface area contributed by atoms with Crippen molar-refractivity contribution in [1.29, 1.82) is 0 Å². The second-order valence-corrected chi connectivity index (χ2v) is 7.30. The highest BCUT2D eigenvalue weighted by atomic mass is 16.7. The first-order valence-corrected chi connectivity index (χ1v) is 11.0. The van der Waals surface area contributed by atoms with E-state index in [1.807, 2.05) is 11.1 Å². The zero-order valence-electron chi connectivity index (χ0n) is 17.1. The molecule has 150 valence electrons. The van der Waals surface area contributed by atoms with Gasteiger partial charge in [-0.2, -0.15) is 0 Å². The molecule has 0 aliphatic heterocycles. The van der Waals surface area contributed by atoms with Gasteiger partial charge in [-0.3, -0.25) is 9.90 Å². The normalized spacial score (nSPS) is 11.0. The SMILES string of the molecule is CCCCCCCCCCCCCCON(CCCN)c1ccccc1. The molecule has 0 bridgehead atoms. The lowest BCUT2D eigenvalue weighted by Crippen LogP contribution is -2.26. The summed E-state index contributed by atoms with van der Waals surface area (Å²) in [6, 6.07) is 10.3. The van der Waals surface area contributed by atoms with Gasteiger partial charge in [0.1, 0.15) is 0 Å². The van der Waals surface area contributed by atoms with Crippen molar-refractivity contribution in [2.75, 3.05) is 24.8 Å². The molecule has 0 amide bonds. The number of nitrogens with zero attached hydrogens (tertiary/aromatic N) is 1. The number of nitrogens with two attached hydrogens (primary N) is 1. The molecule has 0 atom stereocenters. The molecule has 0 aliphatic rings. The molecule has 0 fully saturated rings. The monoisotopic (exact) mass is 362 g/mol. The molecule has 2 N–H and O–H groups in total. The average Bonchev–Trinajstić information content (AvgIpc) is 2.68. The van der Waals surface area contributed by atoms with Crippen LogP contribution in [-0.4, -0.2) is 19.7 Å². The summed E-state index contributed by atoms with van der Waals surface area (Å²) in [6.45, 7) is 4.64. The molecule has 3 heteroatoms. The first-order valence-electron chi connectivity index (χ1n) is 11.0. The summed E-state index contributed by atoms with van der Waals surface area (Å²) in [4.78, 5) is 6.00. The predicted octanol–water partition coefficient (Wildman–Crippen LogP) is 6.47. The summed E-state index contributed by atoms with van der Waals surface area (Å²) in [5.41, 5.74) is 6.77. The van der Waals surface area contributed by atoms with Crippen LogP contribution >= 0.6 is 0 Å². The van der Waals surface area contributed by atoms with E-state index in [9.17, 15) is 0 Å². The molecule has 0 saturated heterocycles. The van der Waals surface area contributed by atoms with E-state index in [0.717, 1.165) is 31.7 Å². The maximum Gasteiger partial charge on any atom is 0.0748 e. The van der Waals surface area contributed by atoms with Gasteiger partial charge in [-0.15, -0.1) is 0 Å². The Morgan fingerprint density at radius 2 is 1.27 bits per heavy atom. The van der Waals surface area contributed by atoms with Gasteiger partial charge in [0, 0.05) is 6.54 Å². The van der Waals surface area contributed by atoms with E-state index >= 15 is 0 Å². The first kappa shape index (κ1) is 23.0. The van der Waals surface area contributed by atoms with E-state index in [2.05, 4.69) is 31.2 Å². The Hall–Kier alpha value is -1.06. The van der Waals surface area contributed by atoms with E-state index in [-0.39, 0.29) is 0 Å². The molecule has 3 nitrogen and oxygen atoms in total. The standard InChI is InChI=1S/C23H42N2O/c1-2-3-4-5-6-7-8-9-10-11-12-16-22-26-25(21-17-20-24)23-18-14-13-15-19-23/h13-15,18-19H,2-12,16-17,20-22,24H2,1H3.